The van der Waals surface area contributed by atoms with Gasteiger partial charge in [-0.3, -0.25) is 8.42 Å². The Morgan fingerprint density at radius 2 is 1.00 bits per heavy atom. The summed E-state index contributed by atoms with van der Waals surface area (Å²) in [6.07, 6.45) is 0. The van der Waals surface area contributed by atoms with Gasteiger partial charge in [-0.15, -0.1) is 0 Å². The van der Waals surface area contributed by atoms with Crippen LogP contribution in [0.1, 0.15) is 0 Å². The molecule has 0 unspecified atom stereocenters. The van der Waals surface area contributed by atoms with E-state index in [4.69, 9.17) is 33.4 Å². The molecule has 74 valence electrons. The summed E-state index contributed by atoms with van der Waals surface area (Å²) in [6, 6.07) is 0. The Morgan fingerprint density at radius 1 is 1.00 bits per heavy atom. The summed E-state index contributed by atoms with van der Waals surface area (Å²) in [5, 5.41) is 0. The van der Waals surface area contributed by atoms with E-state index < -0.39 is 24.0 Å². The summed E-state index contributed by atoms with van der Waals surface area (Å²) >= 11 is -5.75. The van der Waals surface area contributed by atoms with Crippen molar-refractivity contribution >= 4 is 37.7 Å². The van der Waals surface area contributed by atoms with Crippen LogP contribution in [0.15, 0.2) is 0 Å². The second kappa shape index (κ2) is 8.92. The molecule has 0 saturated heterocycles. The molecule has 2 radical (unpaired) electrons. The molecular formula is CrNiO8PbS. The maximum absolute atomic E-state index is 8.59. The van der Waals surface area contributed by atoms with Crippen molar-refractivity contribution in [3.63, 3.8) is 0 Å². The fourth-order valence-corrected chi connectivity index (χ4v) is 0. The van der Waals surface area contributed by atoms with E-state index in [-0.39, 0.29) is 43.8 Å². The van der Waals surface area contributed by atoms with Gasteiger partial charge >= 0.3 is 73.3 Å². The van der Waals surface area contributed by atoms with Crippen LogP contribution >= 0.6 is 0 Å². The number of hydrogen-bond acceptors (Lipinski definition) is 8. The summed E-state index contributed by atoms with van der Waals surface area (Å²) < 4.78 is 68.5. The molecule has 0 spiro atoms. The molecule has 0 aromatic rings. The minimum absolute atomic E-state index is 0. The van der Waals surface area contributed by atoms with E-state index in [0.29, 0.717) is 0 Å². The maximum atomic E-state index is 8.59. The van der Waals surface area contributed by atoms with Gasteiger partial charge in [0.25, 0.3) is 0 Å². The summed E-state index contributed by atoms with van der Waals surface area (Å²) in [6.45, 7) is 0. The van der Waals surface area contributed by atoms with Crippen LogP contribution in [0.2, 0.25) is 0 Å². The quantitative estimate of drug-likeness (QED) is 0.192. The van der Waals surface area contributed by atoms with Crippen molar-refractivity contribution in [2.75, 3.05) is 0 Å². The Balaban J connectivity index is -0.0000000457. The Kier molecular flexibility index (Phi) is 17.3. The summed E-state index contributed by atoms with van der Waals surface area (Å²) in [4.78, 5) is 0. The number of hydrogen-bond donors (Lipinski definition) is 0. The van der Waals surface area contributed by atoms with Crippen molar-refractivity contribution in [1.29, 1.82) is 0 Å². The molecule has 0 aromatic carbocycles. The van der Waals surface area contributed by atoms with Gasteiger partial charge in [0.2, 0.25) is 0 Å². The van der Waals surface area contributed by atoms with Crippen molar-refractivity contribution in [2.45, 2.75) is 0 Å². The van der Waals surface area contributed by atoms with Gasteiger partial charge in [-0.25, -0.2) is 0 Å². The molecule has 0 aliphatic rings. The van der Waals surface area contributed by atoms with E-state index in [1.165, 1.54) is 0 Å². The molecule has 0 atom stereocenters. The molecule has 0 aromatic heterocycles. The van der Waals surface area contributed by atoms with Gasteiger partial charge < -0.3 is 9.11 Å². The minimum atomic E-state index is -5.75. The fourth-order valence-electron chi connectivity index (χ4n) is 0. The third-order valence-electron chi connectivity index (χ3n) is 0. The van der Waals surface area contributed by atoms with Crippen LogP contribution in [0.4, 0.5) is 0 Å². The normalized spacial score (nSPS) is 9.67. The predicted octanol–water partition coefficient (Wildman–Crippen LogP) is -4.34. The smallest absolute Gasteiger partial charge is 2.00 e. The van der Waals surface area contributed by atoms with E-state index in [1.807, 2.05) is 0 Å². The second-order valence-corrected chi connectivity index (χ2v) is 2.91. The molecule has 0 rings (SSSR count). The van der Waals surface area contributed by atoms with Gasteiger partial charge in [0, 0.05) is 10.4 Å². The molecule has 0 aliphatic heterocycles. The largest absolute Gasteiger partial charge is 2.00 e. The zero-order chi connectivity index (χ0) is 9.00. The average Bonchev–Trinajstić information content (AvgIpc) is 1.12. The molecule has 0 amide bonds. The van der Waals surface area contributed by atoms with E-state index >= 15 is 0 Å². The third-order valence-corrected chi connectivity index (χ3v) is 0. The minimum Gasteiger partial charge on any atom is 2.00 e. The first-order valence-corrected chi connectivity index (χ1v) is 4.75. The Hall–Kier alpha value is 1.34. The predicted molar refractivity (Wildman–Crippen MR) is 17.6 cm³/mol. The first-order valence-electron chi connectivity index (χ1n) is 1.33. The van der Waals surface area contributed by atoms with Crippen molar-refractivity contribution < 1.29 is 63.6 Å². The molecule has 0 saturated carbocycles. The van der Waals surface area contributed by atoms with Crippen molar-refractivity contribution in [3.8, 4) is 0 Å². The molecule has 0 heterocycles. The third kappa shape index (κ3) is 677. The van der Waals surface area contributed by atoms with Gasteiger partial charge in [0.1, 0.15) is 0 Å². The van der Waals surface area contributed by atoms with Crippen LogP contribution in [0.25, 0.3) is 0 Å². The van der Waals surface area contributed by atoms with Gasteiger partial charge in [0.15, 0.2) is 0 Å². The van der Waals surface area contributed by atoms with Crippen molar-refractivity contribution in [1.82, 2.24) is 0 Å². The molecule has 8 nitrogen and oxygen atoms in total. The molecule has 0 bridgehead atoms. The molecule has 0 aliphatic carbocycles. The molecule has 0 fully saturated rings. The van der Waals surface area contributed by atoms with E-state index in [9.17, 15) is 0 Å². The van der Waals surface area contributed by atoms with E-state index in [2.05, 4.69) is 0 Å². The first kappa shape index (κ1) is 23.3. The Bertz CT molecular complexity index is 215. The zero-order valence-corrected chi connectivity index (χ0v) is 11.9. The van der Waals surface area contributed by atoms with Crippen molar-refractivity contribution in [2.24, 2.45) is 0 Å². The number of rotatable bonds is 0. The Labute approximate surface area is 100 Å². The molecule has 12 heavy (non-hydrogen) atoms. The van der Waals surface area contributed by atoms with Gasteiger partial charge in [0.05, 0.1) is 0 Å². The first-order chi connectivity index (χ1) is 4.00. The van der Waals surface area contributed by atoms with Crippen LogP contribution in [0.5, 0.6) is 0 Å². The summed E-state index contributed by atoms with van der Waals surface area (Å²) in [7, 11) is -5.17. The van der Waals surface area contributed by atoms with Crippen LogP contribution in [0.3, 0.4) is 0 Å². The van der Waals surface area contributed by atoms with Crippen LogP contribution in [-0.4, -0.2) is 44.8 Å². The zero-order valence-electron chi connectivity index (χ0n) is 4.90. The van der Waals surface area contributed by atoms with Crippen LogP contribution in [0, 0.1) is 0 Å². The van der Waals surface area contributed by atoms with Crippen LogP contribution < -0.4 is 8.32 Å². The molecule has 12 heteroatoms. The standard InChI is InChI=1S/Cr.Ni.H2O4S.4O.Pb/c;;1-5(2,3)4;;;;;/h;;(H2,1,2,3,4);;;;;/q;+2;;;;2*-1;+2/p-2. The van der Waals surface area contributed by atoms with Gasteiger partial charge in [-0.1, -0.05) is 0 Å². The van der Waals surface area contributed by atoms with E-state index in [0.717, 1.165) is 0 Å². The maximum Gasteiger partial charge on any atom is 2.00 e. The van der Waals surface area contributed by atoms with Crippen LogP contribution in [-0.2, 0) is 48.1 Å². The Morgan fingerprint density at radius 3 is 1.00 bits per heavy atom. The topological polar surface area (TPSA) is 161 Å². The SMILES string of the molecule is O=S(=O)([O-])[O-].[Ni+2].[O]=[Cr](=[O])([O-])[O-].[Pb+2]. The fraction of sp³-hybridized carbons (Fsp3) is 0. The second-order valence-electron chi connectivity index (χ2n) is 0.816. The summed E-state index contributed by atoms with van der Waals surface area (Å²) in [5.41, 5.74) is 0. The molecule has 0 N–H and O–H groups in total. The van der Waals surface area contributed by atoms with Gasteiger partial charge in [-0.05, 0) is 0 Å². The average molecular weight is 478 g/mol. The van der Waals surface area contributed by atoms with E-state index in [1.54, 1.807) is 0 Å². The van der Waals surface area contributed by atoms with Crippen molar-refractivity contribution in [3.05, 3.63) is 0 Å². The monoisotopic (exact) mass is 478 g/mol. The molecular weight excluding hydrogens is 478 g/mol. The van der Waals surface area contributed by atoms with Gasteiger partial charge in [-0.2, -0.15) is 0 Å². The summed E-state index contributed by atoms with van der Waals surface area (Å²) in [5.74, 6) is 0.